The van der Waals surface area contributed by atoms with Crippen LogP contribution >= 0.6 is 0 Å². The molecule has 0 radical (unpaired) electrons. The average molecular weight is 409 g/mol. The van der Waals surface area contributed by atoms with Crippen molar-refractivity contribution < 1.29 is 27.1 Å². The summed E-state index contributed by atoms with van der Waals surface area (Å²) in [6.45, 7) is -0.503. The van der Waals surface area contributed by atoms with Crippen molar-refractivity contribution in [2.24, 2.45) is 5.10 Å². The van der Waals surface area contributed by atoms with Crippen LogP contribution in [0.3, 0.4) is 0 Å². The van der Waals surface area contributed by atoms with E-state index < -0.39 is 28.3 Å². The van der Waals surface area contributed by atoms with Crippen LogP contribution in [0.4, 0.5) is 4.39 Å². The van der Waals surface area contributed by atoms with Gasteiger partial charge in [0.05, 0.1) is 27.0 Å². The van der Waals surface area contributed by atoms with E-state index in [-0.39, 0.29) is 16.2 Å². The van der Waals surface area contributed by atoms with Crippen molar-refractivity contribution in [1.29, 1.82) is 0 Å². The fourth-order valence-corrected chi connectivity index (χ4v) is 3.52. The Labute approximate surface area is 162 Å². The Bertz CT molecular complexity index is 979. The second kappa shape index (κ2) is 9.29. The third kappa shape index (κ3) is 5.05. The van der Waals surface area contributed by atoms with Crippen LogP contribution in [0.25, 0.3) is 0 Å². The van der Waals surface area contributed by atoms with Gasteiger partial charge in [0, 0.05) is 18.7 Å². The molecule has 0 aliphatic heterocycles. The molecule has 0 atom stereocenters. The summed E-state index contributed by atoms with van der Waals surface area (Å²) in [5.74, 6) is -0.747. The van der Waals surface area contributed by atoms with Gasteiger partial charge in [-0.25, -0.2) is 18.2 Å². The van der Waals surface area contributed by atoms with Crippen molar-refractivity contribution in [3.8, 4) is 11.5 Å². The number of hydrazone groups is 1. The Morgan fingerprint density at radius 3 is 2.57 bits per heavy atom. The van der Waals surface area contributed by atoms with E-state index in [1.165, 1.54) is 51.6 Å². The van der Waals surface area contributed by atoms with Gasteiger partial charge in [-0.15, -0.1) is 0 Å². The SMILES string of the molecule is COc1ccc(OC)c(S(=O)(=O)N(C)CC(=O)N/N=C\c2ccccc2F)c1. The summed E-state index contributed by atoms with van der Waals surface area (Å²) in [4.78, 5) is 11.9. The number of halogens is 1. The van der Waals surface area contributed by atoms with Gasteiger partial charge in [0.25, 0.3) is 5.91 Å². The summed E-state index contributed by atoms with van der Waals surface area (Å²) in [5.41, 5.74) is 2.35. The maximum Gasteiger partial charge on any atom is 0.255 e. The van der Waals surface area contributed by atoms with E-state index >= 15 is 0 Å². The molecule has 2 rings (SSSR count). The third-order valence-corrected chi connectivity index (χ3v) is 5.55. The molecule has 1 amide bonds. The second-order valence-electron chi connectivity index (χ2n) is 5.59. The molecule has 2 aromatic carbocycles. The van der Waals surface area contributed by atoms with Crippen LogP contribution in [0.15, 0.2) is 52.5 Å². The van der Waals surface area contributed by atoms with Crippen LogP contribution < -0.4 is 14.9 Å². The van der Waals surface area contributed by atoms with Gasteiger partial charge in [0.2, 0.25) is 10.0 Å². The van der Waals surface area contributed by atoms with Gasteiger partial charge in [-0.2, -0.15) is 9.41 Å². The second-order valence-corrected chi connectivity index (χ2v) is 7.61. The molecule has 28 heavy (non-hydrogen) atoms. The number of hydrogen-bond donors (Lipinski definition) is 1. The number of amides is 1. The lowest BCUT2D eigenvalue weighted by Crippen LogP contribution is -2.36. The number of likely N-dealkylation sites (N-methyl/N-ethyl adjacent to an activating group) is 1. The molecule has 0 aliphatic rings. The molecule has 0 spiro atoms. The molecule has 0 fully saturated rings. The van der Waals surface area contributed by atoms with Crippen molar-refractivity contribution in [2.45, 2.75) is 4.90 Å². The summed E-state index contributed by atoms with van der Waals surface area (Å²) in [7, 11) is -0.0493. The predicted molar refractivity (Wildman–Crippen MR) is 101 cm³/mol. The number of carbonyl (C=O) groups excluding carboxylic acids is 1. The number of benzene rings is 2. The number of nitrogens with zero attached hydrogens (tertiary/aromatic N) is 2. The first-order valence-corrected chi connectivity index (χ1v) is 9.48. The summed E-state index contributed by atoms with van der Waals surface area (Å²) in [5, 5.41) is 3.64. The van der Waals surface area contributed by atoms with Crippen LogP contribution in [-0.4, -0.2) is 52.7 Å². The number of carbonyl (C=O) groups is 1. The van der Waals surface area contributed by atoms with E-state index in [1.54, 1.807) is 12.1 Å². The quantitative estimate of drug-likeness (QED) is 0.528. The zero-order chi connectivity index (χ0) is 20.7. The smallest absolute Gasteiger partial charge is 0.255 e. The highest BCUT2D eigenvalue weighted by Crippen LogP contribution is 2.30. The van der Waals surface area contributed by atoms with Crippen molar-refractivity contribution in [3.05, 3.63) is 53.8 Å². The first-order chi connectivity index (χ1) is 13.3. The van der Waals surface area contributed by atoms with E-state index in [4.69, 9.17) is 9.47 Å². The minimum atomic E-state index is -4.04. The number of methoxy groups -OCH3 is 2. The molecule has 0 bridgehead atoms. The first kappa shape index (κ1) is 21.3. The molecule has 10 heteroatoms. The lowest BCUT2D eigenvalue weighted by Gasteiger charge is -2.18. The monoisotopic (exact) mass is 409 g/mol. The highest BCUT2D eigenvalue weighted by atomic mass is 32.2. The average Bonchev–Trinajstić information content (AvgIpc) is 2.68. The van der Waals surface area contributed by atoms with Gasteiger partial charge in [-0.1, -0.05) is 18.2 Å². The summed E-state index contributed by atoms with van der Waals surface area (Å²) < 4.78 is 50.0. The molecule has 0 saturated heterocycles. The van der Waals surface area contributed by atoms with Gasteiger partial charge >= 0.3 is 0 Å². The lowest BCUT2D eigenvalue weighted by molar-refractivity contribution is -0.121. The van der Waals surface area contributed by atoms with Crippen molar-refractivity contribution >= 4 is 22.1 Å². The number of rotatable bonds is 8. The number of ether oxygens (including phenoxy) is 2. The number of nitrogens with one attached hydrogen (secondary N) is 1. The van der Waals surface area contributed by atoms with E-state index in [0.717, 1.165) is 10.5 Å². The molecule has 0 aliphatic carbocycles. The Balaban J connectivity index is 2.10. The topological polar surface area (TPSA) is 97.3 Å². The molecule has 0 saturated carbocycles. The molecule has 0 unspecified atom stereocenters. The molecule has 0 heterocycles. The first-order valence-electron chi connectivity index (χ1n) is 8.04. The number of hydrogen-bond acceptors (Lipinski definition) is 6. The molecule has 150 valence electrons. The van der Waals surface area contributed by atoms with Gasteiger partial charge in [0.1, 0.15) is 22.2 Å². The minimum absolute atomic E-state index is 0.116. The molecule has 1 N–H and O–H groups in total. The molecular weight excluding hydrogens is 389 g/mol. The van der Waals surface area contributed by atoms with Crippen molar-refractivity contribution in [2.75, 3.05) is 27.8 Å². The summed E-state index contributed by atoms with van der Waals surface area (Å²) in [6.07, 6.45) is 1.13. The highest BCUT2D eigenvalue weighted by molar-refractivity contribution is 7.89. The largest absolute Gasteiger partial charge is 0.497 e. The normalized spacial score (nSPS) is 11.6. The van der Waals surface area contributed by atoms with E-state index in [0.29, 0.717) is 5.75 Å². The van der Waals surface area contributed by atoms with Crippen LogP contribution in [0.5, 0.6) is 11.5 Å². The minimum Gasteiger partial charge on any atom is -0.497 e. The molecule has 0 aromatic heterocycles. The number of sulfonamides is 1. The van der Waals surface area contributed by atoms with Crippen LogP contribution in [0.1, 0.15) is 5.56 Å². The Kier molecular flexibility index (Phi) is 7.07. The van der Waals surface area contributed by atoms with Crippen molar-refractivity contribution in [1.82, 2.24) is 9.73 Å². The summed E-state index contributed by atoms with van der Waals surface area (Å²) in [6, 6.07) is 10.2. The highest BCUT2D eigenvalue weighted by Gasteiger charge is 2.27. The fraction of sp³-hybridized carbons (Fsp3) is 0.222. The van der Waals surface area contributed by atoms with Crippen LogP contribution in [0.2, 0.25) is 0 Å². The predicted octanol–water partition coefficient (Wildman–Crippen LogP) is 1.61. The fourth-order valence-electron chi connectivity index (χ4n) is 2.23. The maximum absolute atomic E-state index is 13.5. The van der Waals surface area contributed by atoms with Crippen molar-refractivity contribution in [3.63, 3.8) is 0 Å². The van der Waals surface area contributed by atoms with Gasteiger partial charge in [0.15, 0.2) is 0 Å². The Morgan fingerprint density at radius 1 is 1.21 bits per heavy atom. The lowest BCUT2D eigenvalue weighted by atomic mass is 10.2. The van der Waals surface area contributed by atoms with Gasteiger partial charge < -0.3 is 9.47 Å². The third-order valence-electron chi connectivity index (χ3n) is 3.72. The maximum atomic E-state index is 13.5. The van der Waals surface area contributed by atoms with E-state index in [9.17, 15) is 17.6 Å². The van der Waals surface area contributed by atoms with Crippen LogP contribution in [-0.2, 0) is 14.8 Å². The van der Waals surface area contributed by atoms with Crippen LogP contribution in [0, 0.1) is 5.82 Å². The Hall–Kier alpha value is -2.98. The summed E-state index contributed by atoms with van der Waals surface area (Å²) >= 11 is 0. The molecule has 8 nitrogen and oxygen atoms in total. The zero-order valence-corrected chi connectivity index (χ0v) is 16.4. The Morgan fingerprint density at radius 2 is 1.93 bits per heavy atom. The zero-order valence-electron chi connectivity index (χ0n) is 15.5. The van der Waals surface area contributed by atoms with Gasteiger partial charge in [-0.05, 0) is 18.2 Å². The van der Waals surface area contributed by atoms with Gasteiger partial charge in [-0.3, -0.25) is 4.79 Å². The molecular formula is C18H20FN3O5S. The van der Waals surface area contributed by atoms with E-state index in [2.05, 4.69) is 10.5 Å². The van der Waals surface area contributed by atoms with E-state index in [1.807, 2.05) is 0 Å². The molecule has 2 aromatic rings. The standard InChI is InChI=1S/C18H20FN3O5S/c1-22(12-18(23)21-20-11-13-6-4-5-7-15(13)19)28(24,25)17-10-14(26-2)8-9-16(17)27-3/h4-11H,12H2,1-3H3,(H,21,23)/b20-11-.